The van der Waals surface area contributed by atoms with E-state index in [1.54, 1.807) is 12.4 Å². The average Bonchev–Trinajstić information content (AvgIpc) is 3.37. The van der Waals surface area contributed by atoms with Crippen LogP contribution in [0.25, 0.3) is 0 Å². The standard InChI is InChI=1S/C28H23N3O/c32-27(22-11-10-18-29-19-22)26-20-31(21-30-26)28(23-12-4-1-5-13-23,24-14-6-2-7-15-24)25-16-8-3-9-17-25/h1-21,27,32H/t27-/m1/s1. The van der Waals surface area contributed by atoms with Crippen molar-refractivity contribution < 1.29 is 5.11 Å². The summed E-state index contributed by atoms with van der Waals surface area (Å²) < 4.78 is 2.10. The number of pyridine rings is 1. The minimum atomic E-state index is -0.857. The molecule has 0 aliphatic rings. The summed E-state index contributed by atoms with van der Waals surface area (Å²) in [5.41, 5.74) is 3.96. The summed E-state index contributed by atoms with van der Waals surface area (Å²) in [5, 5.41) is 11.0. The molecule has 0 fully saturated rings. The van der Waals surface area contributed by atoms with Gasteiger partial charge >= 0.3 is 0 Å². The summed E-state index contributed by atoms with van der Waals surface area (Å²) in [4.78, 5) is 8.76. The molecule has 4 nitrogen and oxygen atoms in total. The number of aromatic nitrogens is 3. The van der Waals surface area contributed by atoms with Crippen LogP contribution in [0.1, 0.15) is 34.1 Å². The van der Waals surface area contributed by atoms with E-state index in [2.05, 4.69) is 87.3 Å². The SMILES string of the molecule is O[C@H](c1cccnc1)c1cn(C(c2ccccc2)(c2ccccc2)c2ccccc2)cn1. The third-order valence-corrected chi connectivity index (χ3v) is 5.84. The number of aliphatic hydroxyl groups excluding tert-OH is 1. The van der Waals surface area contributed by atoms with E-state index in [-0.39, 0.29) is 0 Å². The van der Waals surface area contributed by atoms with Gasteiger partial charge in [-0.3, -0.25) is 4.98 Å². The van der Waals surface area contributed by atoms with Crippen LogP contribution in [0.15, 0.2) is 128 Å². The maximum absolute atomic E-state index is 11.0. The molecule has 0 spiro atoms. The molecule has 0 radical (unpaired) electrons. The van der Waals surface area contributed by atoms with Gasteiger partial charge in [-0.05, 0) is 22.8 Å². The first-order valence-electron chi connectivity index (χ1n) is 10.6. The Balaban J connectivity index is 1.75. The van der Waals surface area contributed by atoms with Crippen LogP contribution in [-0.4, -0.2) is 19.6 Å². The highest BCUT2D eigenvalue weighted by atomic mass is 16.3. The lowest BCUT2D eigenvalue weighted by atomic mass is 9.77. The molecule has 5 aromatic rings. The average molecular weight is 418 g/mol. The van der Waals surface area contributed by atoms with Gasteiger partial charge in [0.2, 0.25) is 0 Å². The fraction of sp³-hybridized carbons (Fsp3) is 0.0714. The molecule has 2 heterocycles. The number of hydrogen-bond donors (Lipinski definition) is 1. The molecule has 0 aliphatic heterocycles. The Labute approximate surface area is 187 Å². The van der Waals surface area contributed by atoms with Gasteiger partial charge in [-0.15, -0.1) is 0 Å². The molecule has 4 heteroatoms. The van der Waals surface area contributed by atoms with Gasteiger partial charge in [-0.1, -0.05) is 97.1 Å². The second-order valence-electron chi connectivity index (χ2n) is 7.70. The second kappa shape index (κ2) is 8.61. The van der Waals surface area contributed by atoms with Crippen molar-refractivity contribution >= 4 is 0 Å². The molecule has 32 heavy (non-hydrogen) atoms. The summed E-state index contributed by atoms with van der Waals surface area (Å²) in [5.74, 6) is 0. The van der Waals surface area contributed by atoms with Crippen LogP contribution in [0.4, 0.5) is 0 Å². The van der Waals surface area contributed by atoms with E-state index < -0.39 is 11.6 Å². The monoisotopic (exact) mass is 417 g/mol. The molecule has 2 aromatic heterocycles. The molecule has 1 atom stereocenters. The number of rotatable bonds is 6. The lowest BCUT2D eigenvalue weighted by Gasteiger charge is -2.37. The van der Waals surface area contributed by atoms with E-state index in [0.29, 0.717) is 11.3 Å². The van der Waals surface area contributed by atoms with Gasteiger partial charge in [-0.25, -0.2) is 4.98 Å². The largest absolute Gasteiger partial charge is 0.382 e. The highest BCUT2D eigenvalue weighted by molar-refractivity contribution is 5.50. The third-order valence-electron chi connectivity index (χ3n) is 5.84. The summed E-state index contributed by atoms with van der Waals surface area (Å²) >= 11 is 0. The Morgan fingerprint density at radius 1 is 0.688 bits per heavy atom. The molecule has 0 bridgehead atoms. The van der Waals surface area contributed by atoms with Crippen LogP contribution >= 0.6 is 0 Å². The first kappa shape index (κ1) is 19.9. The maximum atomic E-state index is 11.0. The second-order valence-corrected chi connectivity index (χ2v) is 7.70. The smallest absolute Gasteiger partial charge is 0.124 e. The van der Waals surface area contributed by atoms with Gasteiger partial charge in [0.1, 0.15) is 11.6 Å². The summed E-state index contributed by atoms with van der Waals surface area (Å²) in [6.45, 7) is 0. The van der Waals surface area contributed by atoms with Crippen molar-refractivity contribution in [1.29, 1.82) is 0 Å². The zero-order valence-electron chi connectivity index (χ0n) is 17.5. The zero-order chi connectivity index (χ0) is 21.8. The van der Waals surface area contributed by atoms with Crippen LogP contribution in [0.5, 0.6) is 0 Å². The highest BCUT2D eigenvalue weighted by Gasteiger charge is 2.38. The van der Waals surface area contributed by atoms with Crippen molar-refractivity contribution in [3.05, 3.63) is 156 Å². The predicted octanol–water partition coefficient (Wildman–Crippen LogP) is 5.20. The zero-order valence-corrected chi connectivity index (χ0v) is 17.5. The van der Waals surface area contributed by atoms with Crippen molar-refractivity contribution in [2.24, 2.45) is 0 Å². The van der Waals surface area contributed by atoms with Crippen LogP contribution in [0.3, 0.4) is 0 Å². The molecular weight excluding hydrogens is 394 g/mol. The Morgan fingerprint density at radius 3 is 1.69 bits per heavy atom. The van der Waals surface area contributed by atoms with Crippen molar-refractivity contribution in [3.8, 4) is 0 Å². The molecule has 1 N–H and O–H groups in total. The molecule has 0 aliphatic carbocycles. The van der Waals surface area contributed by atoms with Crippen molar-refractivity contribution in [1.82, 2.24) is 14.5 Å². The van der Waals surface area contributed by atoms with Crippen molar-refractivity contribution in [3.63, 3.8) is 0 Å². The number of benzene rings is 3. The van der Waals surface area contributed by atoms with Gasteiger partial charge in [0.25, 0.3) is 0 Å². The van der Waals surface area contributed by atoms with Crippen molar-refractivity contribution in [2.45, 2.75) is 11.6 Å². The molecule has 156 valence electrons. The topological polar surface area (TPSA) is 50.9 Å². The lowest BCUT2D eigenvalue weighted by molar-refractivity contribution is 0.215. The molecule has 0 saturated heterocycles. The maximum Gasteiger partial charge on any atom is 0.124 e. The minimum absolute atomic E-state index is 0.574. The van der Waals surface area contributed by atoms with Crippen LogP contribution < -0.4 is 0 Å². The Morgan fingerprint density at radius 2 is 1.22 bits per heavy atom. The van der Waals surface area contributed by atoms with Crippen LogP contribution in [0.2, 0.25) is 0 Å². The predicted molar refractivity (Wildman–Crippen MR) is 125 cm³/mol. The van der Waals surface area contributed by atoms with Gasteiger partial charge in [0.05, 0.1) is 12.0 Å². The van der Waals surface area contributed by atoms with Crippen LogP contribution in [0, 0.1) is 0 Å². The fourth-order valence-electron chi connectivity index (χ4n) is 4.36. The molecule has 3 aromatic carbocycles. The molecular formula is C28H23N3O. The number of nitrogens with zero attached hydrogens (tertiary/aromatic N) is 3. The first-order chi connectivity index (χ1) is 15.8. The molecule has 0 amide bonds. The Bertz CT molecular complexity index is 1170. The highest BCUT2D eigenvalue weighted by Crippen LogP contribution is 2.41. The molecule has 0 saturated carbocycles. The number of aliphatic hydroxyl groups is 1. The van der Waals surface area contributed by atoms with E-state index in [1.807, 2.05) is 42.9 Å². The van der Waals surface area contributed by atoms with E-state index in [4.69, 9.17) is 0 Å². The minimum Gasteiger partial charge on any atom is -0.382 e. The fourth-order valence-corrected chi connectivity index (χ4v) is 4.36. The Hall–Kier alpha value is -4.02. The number of hydrogen-bond acceptors (Lipinski definition) is 3. The quantitative estimate of drug-likeness (QED) is 0.386. The Kier molecular flexibility index (Phi) is 5.36. The van der Waals surface area contributed by atoms with Gasteiger partial charge < -0.3 is 9.67 Å². The lowest BCUT2D eigenvalue weighted by Crippen LogP contribution is -2.37. The van der Waals surface area contributed by atoms with E-state index in [0.717, 1.165) is 16.7 Å². The first-order valence-corrected chi connectivity index (χ1v) is 10.6. The number of imidazole rings is 1. The third kappa shape index (κ3) is 3.41. The van der Waals surface area contributed by atoms with Gasteiger partial charge in [-0.2, -0.15) is 0 Å². The van der Waals surface area contributed by atoms with E-state index >= 15 is 0 Å². The molecule has 0 unspecified atom stereocenters. The summed E-state index contributed by atoms with van der Waals surface area (Å²) in [7, 11) is 0. The van der Waals surface area contributed by atoms with Crippen molar-refractivity contribution in [2.75, 3.05) is 0 Å². The van der Waals surface area contributed by atoms with Gasteiger partial charge in [0.15, 0.2) is 0 Å². The van der Waals surface area contributed by atoms with Crippen LogP contribution in [-0.2, 0) is 5.54 Å². The normalized spacial score (nSPS) is 12.4. The summed E-state index contributed by atoms with van der Waals surface area (Å²) in [6, 6.07) is 34.9. The van der Waals surface area contributed by atoms with E-state index in [9.17, 15) is 5.11 Å². The molecule has 5 rings (SSSR count). The van der Waals surface area contributed by atoms with Gasteiger partial charge in [0, 0.05) is 24.2 Å². The summed E-state index contributed by atoms with van der Waals surface area (Å²) in [6.07, 6.45) is 6.25. The van der Waals surface area contributed by atoms with E-state index in [1.165, 1.54) is 0 Å².